The maximum atomic E-state index is 13.0. The van der Waals surface area contributed by atoms with Crippen LogP contribution in [0.1, 0.15) is 105 Å². The number of hydrogen-bond acceptors (Lipinski definition) is 18. The number of likely N-dealkylation sites (tertiary alicyclic amines) is 4. The first-order chi connectivity index (χ1) is 52.8. The third kappa shape index (κ3) is 16.3. The molecule has 6 aliphatic rings. The van der Waals surface area contributed by atoms with E-state index in [4.69, 9.17) is 0 Å². The molecular formula is C84H81N21O3. The second-order valence-corrected chi connectivity index (χ2v) is 29.0. The van der Waals surface area contributed by atoms with Gasteiger partial charge in [0.25, 0.3) is 17.7 Å². The highest BCUT2D eigenvalue weighted by Gasteiger charge is 2.40. The highest BCUT2D eigenvalue weighted by Crippen LogP contribution is 2.33. The lowest BCUT2D eigenvalue weighted by Gasteiger charge is -2.27. The molecule has 6 atom stereocenters. The predicted molar refractivity (Wildman–Crippen MR) is 412 cm³/mol. The van der Waals surface area contributed by atoms with E-state index in [1.54, 1.807) is 106 Å². The quantitative estimate of drug-likeness (QED) is 0.0719. The van der Waals surface area contributed by atoms with E-state index in [0.717, 1.165) is 117 Å². The van der Waals surface area contributed by atoms with E-state index in [-0.39, 0.29) is 17.7 Å². The molecule has 6 aliphatic heterocycles. The summed E-state index contributed by atoms with van der Waals surface area (Å²) in [6, 6.07) is 36.1. The van der Waals surface area contributed by atoms with E-state index in [1.807, 2.05) is 72.8 Å². The highest BCUT2D eigenvalue weighted by molar-refractivity contribution is 6.05. The summed E-state index contributed by atoms with van der Waals surface area (Å²) in [6.45, 7) is 20.8. The normalized spacial score (nSPS) is 19.2. The van der Waals surface area contributed by atoms with Crippen LogP contribution in [0.4, 0.5) is 17.1 Å². The highest BCUT2D eigenvalue weighted by atomic mass is 16.2. The van der Waals surface area contributed by atoms with Crippen LogP contribution in [0.2, 0.25) is 0 Å². The van der Waals surface area contributed by atoms with Gasteiger partial charge in [-0.05, 0) is 213 Å². The number of carbonyl (C=O) groups is 3. The summed E-state index contributed by atoms with van der Waals surface area (Å²) < 4.78 is 5.03. The first-order valence-electron chi connectivity index (χ1n) is 36.6. The fourth-order valence-corrected chi connectivity index (χ4v) is 15.6. The van der Waals surface area contributed by atoms with Gasteiger partial charge in [0.1, 0.15) is 17.1 Å². The molecule has 0 saturated carbocycles. The van der Waals surface area contributed by atoms with Crippen LogP contribution in [0.15, 0.2) is 184 Å². The Bertz CT molecular complexity index is 5570. The molecule has 24 nitrogen and oxygen atoms in total. The van der Waals surface area contributed by atoms with Crippen molar-refractivity contribution in [2.24, 2.45) is 23.7 Å². The molecule has 15 heterocycles. The Hall–Kier alpha value is -12.2. The average molecular weight is 1430 g/mol. The molecule has 0 spiro atoms. The molecule has 3 aromatic carbocycles. The molecule has 9 aromatic heterocycles. The molecule has 12 aromatic rings. The summed E-state index contributed by atoms with van der Waals surface area (Å²) in [5, 5.41) is 28.9. The minimum atomic E-state index is -0.215. The van der Waals surface area contributed by atoms with Gasteiger partial charge in [-0.1, -0.05) is 36.0 Å². The molecule has 108 heavy (non-hydrogen) atoms. The number of aromatic nitrogens is 12. The lowest BCUT2D eigenvalue weighted by molar-refractivity contribution is 0.101. The lowest BCUT2D eigenvalue weighted by atomic mass is 10.0. The summed E-state index contributed by atoms with van der Waals surface area (Å²) in [6.07, 6.45) is 20.9. The molecule has 18 rings (SSSR count). The number of rotatable bonds is 12. The van der Waals surface area contributed by atoms with Gasteiger partial charge < -0.3 is 31.5 Å². The maximum absolute atomic E-state index is 13.0. The van der Waals surface area contributed by atoms with Gasteiger partial charge in [0.15, 0.2) is 16.9 Å². The number of imidazole rings is 3. The lowest BCUT2D eigenvalue weighted by Crippen LogP contribution is -2.43. The van der Waals surface area contributed by atoms with Gasteiger partial charge in [-0.15, -0.1) is 0 Å². The topological polar surface area (TPSA) is 254 Å². The van der Waals surface area contributed by atoms with Crippen molar-refractivity contribution >= 4 is 51.7 Å². The molecule has 540 valence electrons. The van der Waals surface area contributed by atoms with Gasteiger partial charge in [-0.2, -0.15) is 15.3 Å². The van der Waals surface area contributed by atoms with Gasteiger partial charge >= 0.3 is 0 Å². The van der Waals surface area contributed by atoms with Crippen LogP contribution >= 0.6 is 0 Å². The minimum Gasteiger partial charge on any atom is -0.322 e. The number of amides is 3. The number of aryl methyl sites for hydroxylation is 3. The van der Waals surface area contributed by atoms with E-state index in [0.29, 0.717) is 62.5 Å². The van der Waals surface area contributed by atoms with E-state index in [2.05, 4.69) is 173 Å². The fraction of sp³-hybridized carbons (Fsp3) is 0.286. The van der Waals surface area contributed by atoms with Gasteiger partial charge in [0, 0.05) is 174 Å². The molecule has 6 fully saturated rings. The predicted octanol–water partition coefficient (Wildman–Crippen LogP) is 8.45. The molecule has 24 heteroatoms. The molecule has 6 unspecified atom stereocenters. The van der Waals surface area contributed by atoms with Crippen LogP contribution < -0.4 is 26.6 Å². The van der Waals surface area contributed by atoms with Crippen LogP contribution in [0.25, 0.3) is 16.9 Å². The number of carbonyl (C=O) groups excluding carboxylic acids is 3. The van der Waals surface area contributed by atoms with Crippen LogP contribution in [0, 0.1) is 80.0 Å². The smallest absolute Gasteiger partial charge is 0.257 e. The maximum Gasteiger partial charge on any atom is 0.257 e. The van der Waals surface area contributed by atoms with Crippen molar-refractivity contribution in [2.75, 3.05) is 88.4 Å². The Morgan fingerprint density at radius 3 is 1.19 bits per heavy atom. The number of anilines is 3. The van der Waals surface area contributed by atoms with Gasteiger partial charge in [0.2, 0.25) is 0 Å². The van der Waals surface area contributed by atoms with Gasteiger partial charge in [-0.25, -0.2) is 28.5 Å². The van der Waals surface area contributed by atoms with E-state index in [1.165, 1.54) is 66.0 Å². The molecule has 0 aliphatic carbocycles. The Kier molecular flexibility index (Phi) is 20.4. The zero-order valence-corrected chi connectivity index (χ0v) is 60.6. The Labute approximate surface area is 625 Å². The summed E-state index contributed by atoms with van der Waals surface area (Å²) in [7, 11) is 2.22. The number of nitrogens with zero attached hydrogens (tertiary/aromatic N) is 16. The third-order valence-corrected chi connectivity index (χ3v) is 21.2. The molecule has 3 amide bonds. The summed E-state index contributed by atoms with van der Waals surface area (Å²) in [5.74, 6) is 20.9. The van der Waals surface area contributed by atoms with Gasteiger partial charge in [-0.3, -0.25) is 44.0 Å². The van der Waals surface area contributed by atoms with Crippen molar-refractivity contribution in [1.82, 2.24) is 89.0 Å². The van der Waals surface area contributed by atoms with Crippen LogP contribution in [0.3, 0.4) is 0 Å². The summed E-state index contributed by atoms with van der Waals surface area (Å²) in [4.78, 5) is 74.4. The number of benzene rings is 3. The molecule has 2 bridgehead atoms. The van der Waals surface area contributed by atoms with Crippen molar-refractivity contribution in [2.45, 2.75) is 58.9 Å². The first kappa shape index (κ1) is 70.1. The number of piperazine rings is 1. The van der Waals surface area contributed by atoms with Crippen LogP contribution in [-0.4, -0.2) is 181 Å². The Morgan fingerprint density at radius 2 is 0.824 bits per heavy atom. The molecule has 5 N–H and O–H groups in total. The van der Waals surface area contributed by atoms with Crippen LogP contribution in [-0.2, 0) is 19.6 Å². The van der Waals surface area contributed by atoms with Gasteiger partial charge in [0.05, 0.1) is 35.3 Å². The second-order valence-electron chi connectivity index (χ2n) is 29.0. The standard InChI is InChI=1S/C29H29N7O.C28H27N7O.C27H25N7O/c1-20-10-26(7-6-22(20)17-35-18-24-15-34(2)16-25(24)19-35)33-29(37)23-11-21(12-30-13-23)5-8-27-14-31-28-4-3-9-32-36(27)28;1-19-9-25(6-5-21(19)16-34-17-23-13-30-14-24(23)18-34)33-28(36)22-10-20(11-29-12-22)4-7-26-15-31-27-3-2-8-32-35(26)27;1-18-9-22(6-5-20(18)16-33-17-23-11-25(33)15-29-23)32-27(35)21-10-19(12-28-13-21)4-7-24-14-30-26-3-2-8-31-34(24)26/h3-4,6-7,9-14,24-25H,15-19H2,1-2H3,(H,33,37);2-3,5-6,8-12,15,23-24,30H,13-14,16-18H2,1H3,(H,33,36);2-3,5-6,8-10,12-14,23,25,29H,11,15-17H2,1H3,(H,32,35). The van der Waals surface area contributed by atoms with Crippen molar-refractivity contribution < 1.29 is 14.4 Å². The number of nitrogens with one attached hydrogen (secondary N) is 5. The zero-order valence-electron chi connectivity index (χ0n) is 60.6. The van der Waals surface area contributed by atoms with Crippen molar-refractivity contribution in [3.63, 3.8) is 0 Å². The minimum absolute atomic E-state index is 0.212. The molecular weight excluding hydrogens is 1350 g/mol. The molecule has 6 saturated heterocycles. The monoisotopic (exact) mass is 1430 g/mol. The summed E-state index contributed by atoms with van der Waals surface area (Å²) in [5.41, 5.74) is 17.3. The van der Waals surface area contributed by atoms with E-state index < -0.39 is 0 Å². The fourth-order valence-electron chi connectivity index (χ4n) is 15.6. The van der Waals surface area contributed by atoms with Crippen molar-refractivity contribution in [1.29, 1.82) is 0 Å². The number of pyridine rings is 3. The van der Waals surface area contributed by atoms with Crippen molar-refractivity contribution in [3.05, 3.63) is 267 Å². The third-order valence-electron chi connectivity index (χ3n) is 21.2. The number of fused-ring (bicyclic) bond motifs is 7. The summed E-state index contributed by atoms with van der Waals surface area (Å²) >= 11 is 0. The van der Waals surface area contributed by atoms with E-state index in [9.17, 15) is 14.4 Å². The van der Waals surface area contributed by atoms with Crippen molar-refractivity contribution in [3.8, 4) is 35.5 Å². The number of hydrogen-bond donors (Lipinski definition) is 5. The zero-order chi connectivity index (χ0) is 73.6. The Balaban J connectivity index is 0.000000124. The largest absolute Gasteiger partial charge is 0.322 e. The second kappa shape index (κ2) is 31.5. The molecule has 0 radical (unpaired) electrons. The average Bonchev–Trinajstić information content (AvgIpc) is 1.55. The van der Waals surface area contributed by atoms with Crippen LogP contribution in [0.5, 0.6) is 0 Å². The van der Waals surface area contributed by atoms with E-state index >= 15 is 0 Å². The SMILES string of the molecule is Cc1cc(NC(=O)c2cncc(C#Cc3cnc4cccnn34)c2)ccc1CN1CC2CC1CN2.Cc1cc(NC(=O)c2cncc(C#Cc3cnc4cccnn34)c2)ccc1CN1CC2CN(C)CC2C1.Cc1cc(NC(=O)c2cncc(C#Cc3cnc4cccnn34)c2)ccc1CN1CC2CNCC2C1. The Morgan fingerprint density at radius 1 is 0.435 bits per heavy atom. The first-order valence-corrected chi connectivity index (χ1v) is 36.6.